The van der Waals surface area contributed by atoms with E-state index >= 15 is 0 Å². The number of rotatable bonds is 6. The van der Waals surface area contributed by atoms with E-state index in [-0.39, 0.29) is 12.1 Å². The number of ether oxygens (including phenoxy) is 2. The lowest BCUT2D eigenvalue weighted by molar-refractivity contribution is -0.127. The maximum atomic E-state index is 11.8. The fourth-order valence-electron chi connectivity index (χ4n) is 1.23. The van der Waals surface area contributed by atoms with E-state index in [4.69, 9.17) is 15.2 Å². The van der Waals surface area contributed by atoms with E-state index in [1.165, 1.54) is 13.2 Å². The number of hydrogen-bond acceptors (Lipinski definition) is 5. The Morgan fingerprint density at radius 1 is 1.35 bits per heavy atom. The molecule has 0 saturated heterocycles. The topological polar surface area (TPSA) is 108 Å². The standard InChI is InChI=1S/C12H13BrN2O5/c1-19-7-2-3-9(13)8(4-7)12(18)20-6-11(17)15-5-10(14)16/h2-4H,5-6H2,1H3,(H2,14,16)(H,15,17). The zero-order valence-corrected chi connectivity index (χ0v) is 12.2. The number of primary amides is 1. The summed E-state index contributed by atoms with van der Waals surface area (Å²) in [7, 11) is 1.47. The Labute approximate surface area is 123 Å². The number of carbonyl (C=O) groups is 3. The highest BCUT2D eigenvalue weighted by molar-refractivity contribution is 9.10. The number of hydrogen-bond donors (Lipinski definition) is 2. The van der Waals surface area contributed by atoms with Crippen molar-refractivity contribution in [1.82, 2.24) is 5.32 Å². The van der Waals surface area contributed by atoms with Gasteiger partial charge in [-0.05, 0) is 34.1 Å². The third-order valence-electron chi connectivity index (χ3n) is 2.19. The zero-order chi connectivity index (χ0) is 15.1. The molecule has 0 saturated carbocycles. The first-order valence-corrected chi connectivity index (χ1v) is 6.29. The zero-order valence-electron chi connectivity index (χ0n) is 10.6. The van der Waals surface area contributed by atoms with E-state index in [0.29, 0.717) is 10.2 Å². The minimum atomic E-state index is -0.690. The number of nitrogens with one attached hydrogen (secondary N) is 1. The summed E-state index contributed by atoms with van der Waals surface area (Å²) in [5, 5.41) is 2.20. The van der Waals surface area contributed by atoms with Crippen molar-refractivity contribution in [1.29, 1.82) is 0 Å². The van der Waals surface area contributed by atoms with E-state index < -0.39 is 24.4 Å². The van der Waals surface area contributed by atoms with Crippen LogP contribution in [0.1, 0.15) is 10.4 Å². The van der Waals surface area contributed by atoms with Crippen LogP contribution in [0.5, 0.6) is 5.75 Å². The maximum absolute atomic E-state index is 11.8. The fraction of sp³-hybridized carbons (Fsp3) is 0.250. The van der Waals surface area contributed by atoms with Crippen molar-refractivity contribution < 1.29 is 23.9 Å². The molecule has 0 aliphatic heterocycles. The van der Waals surface area contributed by atoms with Crippen LogP contribution in [-0.2, 0) is 14.3 Å². The predicted molar refractivity (Wildman–Crippen MR) is 73.2 cm³/mol. The van der Waals surface area contributed by atoms with Gasteiger partial charge in [-0.1, -0.05) is 0 Å². The summed E-state index contributed by atoms with van der Waals surface area (Å²) in [5.41, 5.74) is 5.09. The smallest absolute Gasteiger partial charge is 0.339 e. The second kappa shape index (κ2) is 7.49. The van der Waals surface area contributed by atoms with Crippen molar-refractivity contribution in [3.05, 3.63) is 28.2 Å². The molecule has 108 valence electrons. The molecular weight excluding hydrogens is 332 g/mol. The average Bonchev–Trinajstić information content (AvgIpc) is 2.43. The third kappa shape index (κ3) is 4.88. The first-order valence-electron chi connectivity index (χ1n) is 5.49. The van der Waals surface area contributed by atoms with Crippen LogP contribution in [0.15, 0.2) is 22.7 Å². The van der Waals surface area contributed by atoms with Crippen LogP contribution in [0.2, 0.25) is 0 Å². The fourth-order valence-corrected chi connectivity index (χ4v) is 1.64. The molecule has 3 N–H and O–H groups in total. The number of benzene rings is 1. The van der Waals surface area contributed by atoms with Gasteiger partial charge >= 0.3 is 5.97 Å². The highest BCUT2D eigenvalue weighted by atomic mass is 79.9. The summed E-state index contributed by atoms with van der Waals surface area (Å²) >= 11 is 3.20. The Morgan fingerprint density at radius 2 is 2.05 bits per heavy atom. The number of methoxy groups -OCH3 is 1. The highest BCUT2D eigenvalue weighted by Crippen LogP contribution is 2.23. The first-order chi connectivity index (χ1) is 9.43. The summed E-state index contributed by atoms with van der Waals surface area (Å²) in [6, 6.07) is 4.77. The van der Waals surface area contributed by atoms with Gasteiger partial charge in [0.1, 0.15) is 5.75 Å². The van der Waals surface area contributed by atoms with Crippen molar-refractivity contribution in [2.24, 2.45) is 5.73 Å². The van der Waals surface area contributed by atoms with E-state index in [9.17, 15) is 14.4 Å². The molecule has 2 amide bonds. The van der Waals surface area contributed by atoms with Crippen LogP contribution in [0, 0.1) is 0 Å². The summed E-state index contributed by atoms with van der Waals surface area (Å²) in [6.07, 6.45) is 0. The first kappa shape index (κ1) is 16.0. The molecule has 0 aromatic heterocycles. The van der Waals surface area contributed by atoms with Gasteiger partial charge < -0.3 is 20.5 Å². The molecule has 0 unspecified atom stereocenters. The van der Waals surface area contributed by atoms with Crippen LogP contribution in [0.3, 0.4) is 0 Å². The van der Waals surface area contributed by atoms with Crippen LogP contribution in [-0.4, -0.2) is 38.0 Å². The molecule has 0 spiro atoms. The maximum Gasteiger partial charge on any atom is 0.339 e. The normalized spacial score (nSPS) is 9.70. The molecular formula is C12H13BrN2O5. The van der Waals surface area contributed by atoms with Crippen molar-refractivity contribution in [2.45, 2.75) is 0 Å². The lowest BCUT2D eigenvalue weighted by atomic mass is 10.2. The van der Waals surface area contributed by atoms with Gasteiger partial charge in [-0.2, -0.15) is 0 Å². The minimum Gasteiger partial charge on any atom is -0.497 e. The molecule has 1 rings (SSSR count). The van der Waals surface area contributed by atoms with E-state index in [0.717, 1.165) is 0 Å². The Morgan fingerprint density at radius 3 is 2.65 bits per heavy atom. The molecule has 0 fully saturated rings. The Bertz CT molecular complexity index is 533. The molecule has 8 heteroatoms. The highest BCUT2D eigenvalue weighted by Gasteiger charge is 2.14. The number of amides is 2. The van der Waals surface area contributed by atoms with E-state index in [1.54, 1.807) is 12.1 Å². The number of carbonyl (C=O) groups excluding carboxylic acids is 3. The van der Waals surface area contributed by atoms with Crippen LogP contribution in [0.25, 0.3) is 0 Å². The molecule has 0 bridgehead atoms. The quantitative estimate of drug-likeness (QED) is 0.717. The molecule has 0 aliphatic rings. The van der Waals surface area contributed by atoms with Crippen LogP contribution in [0.4, 0.5) is 0 Å². The minimum absolute atomic E-state index is 0.229. The van der Waals surface area contributed by atoms with Crippen molar-refractivity contribution in [3.63, 3.8) is 0 Å². The summed E-state index contributed by atoms with van der Waals surface area (Å²) < 4.78 is 10.3. The lowest BCUT2D eigenvalue weighted by Gasteiger charge is -2.08. The van der Waals surface area contributed by atoms with Gasteiger partial charge in [0.2, 0.25) is 5.91 Å². The van der Waals surface area contributed by atoms with Gasteiger partial charge in [0.05, 0.1) is 19.2 Å². The second-order valence-electron chi connectivity index (χ2n) is 3.66. The van der Waals surface area contributed by atoms with Crippen LogP contribution >= 0.6 is 15.9 Å². The van der Waals surface area contributed by atoms with Crippen molar-refractivity contribution in [2.75, 3.05) is 20.3 Å². The summed E-state index contributed by atoms with van der Waals surface area (Å²) in [4.78, 5) is 33.5. The molecule has 0 aliphatic carbocycles. The van der Waals surface area contributed by atoms with Crippen molar-refractivity contribution in [3.8, 4) is 5.75 Å². The van der Waals surface area contributed by atoms with Gasteiger partial charge in [-0.15, -0.1) is 0 Å². The van der Waals surface area contributed by atoms with Crippen molar-refractivity contribution >= 4 is 33.7 Å². The van der Waals surface area contributed by atoms with Crippen LogP contribution < -0.4 is 15.8 Å². The summed E-state index contributed by atoms with van der Waals surface area (Å²) in [5.74, 6) is -1.50. The molecule has 0 radical (unpaired) electrons. The molecule has 0 heterocycles. The molecule has 20 heavy (non-hydrogen) atoms. The second-order valence-corrected chi connectivity index (χ2v) is 4.52. The van der Waals surface area contributed by atoms with E-state index in [1.807, 2.05) is 0 Å². The van der Waals surface area contributed by atoms with Gasteiger partial charge in [0.15, 0.2) is 6.61 Å². The SMILES string of the molecule is COc1ccc(Br)c(C(=O)OCC(=O)NCC(N)=O)c1. The number of esters is 1. The predicted octanol–water partition coefficient (Wildman–Crippen LogP) is 0.216. The lowest BCUT2D eigenvalue weighted by Crippen LogP contribution is -2.36. The molecule has 0 atom stereocenters. The van der Waals surface area contributed by atoms with Gasteiger partial charge in [0.25, 0.3) is 5.91 Å². The number of halogens is 1. The largest absolute Gasteiger partial charge is 0.497 e. The molecule has 7 nitrogen and oxygen atoms in total. The van der Waals surface area contributed by atoms with Gasteiger partial charge in [0, 0.05) is 4.47 Å². The molecule has 1 aromatic carbocycles. The Hall–Kier alpha value is -2.09. The van der Waals surface area contributed by atoms with E-state index in [2.05, 4.69) is 21.2 Å². The number of nitrogens with two attached hydrogens (primary N) is 1. The monoisotopic (exact) mass is 344 g/mol. The Kier molecular flexibility index (Phi) is 5.98. The third-order valence-corrected chi connectivity index (χ3v) is 2.88. The van der Waals surface area contributed by atoms with Gasteiger partial charge in [-0.25, -0.2) is 4.79 Å². The average molecular weight is 345 g/mol. The van der Waals surface area contributed by atoms with Gasteiger partial charge in [-0.3, -0.25) is 9.59 Å². The Balaban J connectivity index is 2.58. The summed E-state index contributed by atoms with van der Waals surface area (Å²) in [6.45, 7) is -0.811. The molecule has 1 aromatic rings.